The summed E-state index contributed by atoms with van der Waals surface area (Å²) in [6.45, 7) is 1.79. The average molecular weight is 439 g/mol. The SMILES string of the molecule is COC(=O)c1ccc(C)c(NC(=O)c2ccccc2N(C)S(=O)(=O)c2ccccc2)c1. The Balaban J connectivity index is 1.96. The zero-order valence-corrected chi connectivity index (χ0v) is 18.1. The van der Waals surface area contributed by atoms with E-state index in [4.69, 9.17) is 4.74 Å². The van der Waals surface area contributed by atoms with Gasteiger partial charge in [-0.05, 0) is 48.9 Å². The molecule has 0 saturated carbocycles. The standard InChI is InChI=1S/C23H22N2O5S/c1-16-13-14-17(23(27)30-3)15-20(16)24-22(26)19-11-7-8-12-21(19)25(2)31(28,29)18-9-5-4-6-10-18/h4-15H,1-3H3,(H,24,26). The fourth-order valence-corrected chi connectivity index (χ4v) is 4.25. The second kappa shape index (κ2) is 9.01. The van der Waals surface area contributed by atoms with Crippen LogP contribution < -0.4 is 9.62 Å². The van der Waals surface area contributed by atoms with Crippen LogP contribution in [0.3, 0.4) is 0 Å². The zero-order valence-electron chi connectivity index (χ0n) is 17.3. The molecule has 0 heterocycles. The molecular formula is C23H22N2O5S. The summed E-state index contributed by atoms with van der Waals surface area (Å²) in [6, 6.07) is 19.2. The first kappa shape index (κ1) is 22.0. The minimum absolute atomic E-state index is 0.120. The number of hydrogen-bond acceptors (Lipinski definition) is 5. The normalized spacial score (nSPS) is 10.9. The van der Waals surface area contributed by atoms with E-state index in [-0.39, 0.29) is 16.1 Å². The molecule has 3 rings (SSSR count). The molecule has 8 heteroatoms. The second-order valence-corrected chi connectivity index (χ2v) is 8.75. The number of sulfonamides is 1. The molecule has 7 nitrogen and oxygen atoms in total. The van der Waals surface area contributed by atoms with E-state index in [0.29, 0.717) is 11.3 Å². The molecule has 160 valence electrons. The predicted molar refractivity (Wildman–Crippen MR) is 119 cm³/mol. The van der Waals surface area contributed by atoms with Crippen LogP contribution in [0, 0.1) is 6.92 Å². The van der Waals surface area contributed by atoms with Crippen molar-refractivity contribution in [2.45, 2.75) is 11.8 Å². The van der Waals surface area contributed by atoms with Crippen LogP contribution in [0.15, 0.2) is 77.7 Å². The van der Waals surface area contributed by atoms with Crippen LogP contribution in [0.1, 0.15) is 26.3 Å². The Hall–Kier alpha value is -3.65. The Labute approximate surface area is 181 Å². The van der Waals surface area contributed by atoms with Crippen LogP contribution in [-0.2, 0) is 14.8 Å². The number of nitrogens with one attached hydrogen (secondary N) is 1. The lowest BCUT2D eigenvalue weighted by molar-refractivity contribution is 0.0600. The van der Waals surface area contributed by atoms with Crippen LogP contribution in [0.4, 0.5) is 11.4 Å². The van der Waals surface area contributed by atoms with Crippen LogP contribution in [-0.4, -0.2) is 34.5 Å². The molecule has 0 atom stereocenters. The van der Waals surface area contributed by atoms with Gasteiger partial charge in [0, 0.05) is 12.7 Å². The van der Waals surface area contributed by atoms with Gasteiger partial charge < -0.3 is 10.1 Å². The lowest BCUT2D eigenvalue weighted by Gasteiger charge is -2.22. The monoisotopic (exact) mass is 438 g/mol. The van der Waals surface area contributed by atoms with E-state index >= 15 is 0 Å². The van der Waals surface area contributed by atoms with E-state index in [0.717, 1.165) is 9.87 Å². The number of benzene rings is 3. The number of carbonyl (C=O) groups is 2. The van der Waals surface area contributed by atoms with Crippen molar-refractivity contribution in [1.29, 1.82) is 0 Å². The van der Waals surface area contributed by atoms with Gasteiger partial charge in [0.2, 0.25) is 0 Å². The summed E-state index contributed by atoms with van der Waals surface area (Å²) in [5, 5.41) is 2.76. The molecule has 0 radical (unpaired) electrons. The number of anilines is 2. The van der Waals surface area contributed by atoms with Gasteiger partial charge in [-0.15, -0.1) is 0 Å². The number of amides is 1. The summed E-state index contributed by atoms with van der Waals surface area (Å²) >= 11 is 0. The number of esters is 1. The predicted octanol–water partition coefficient (Wildman–Crippen LogP) is 3.86. The lowest BCUT2D eigenvalue weighted by Crippen LogP contribution is -2.29. The van der Waals surface area contributed by atoms with Crippen LogP contribution in [0.5, 0.6) is 0 Å². The molecule has 0 spiro atoms. The van der Waals surface area contributed by atoms with E-state index < -0.39 is 21.9 Å². The molecule has 1 amide bonds. The van der Waals surface area contributed by atoms with Gasteiger partial charge >= 0.3 is 5.97 Å². The highest BCUT2D eigenvalue weighted by atomic mass is 32.2. The van der Waals surface area contributed by atoms with Gasteiger partial charge in [-0.1, -0.05) is 36.4 Å². The first-order chi connectivity index (χ1) is 14.8. The van der Waals surface area contributed by atoms with Crippen molar-refractivity contribution in [2.24, 2.45) is 0 Å². The summed E-state index contributed by atoms with van der Waals surface area (Å²) in [6.07, 6.45) is 0. The summed E-state index contributed by atoms with van der Waals surface area (Å²) < 4.78 is 31.8. The molecule has 0 aliphatic rings. The van der Waals surface area contributed by atoms with Crippen LogP contribution in [0.25, 0.3) is 0 Å². The molecule has 1 N–H and O–H groups in total. The van der Waals surface area contributed by atoms with Gasteiger partial charge in [-0.2, -0.15) is 0 Å². The number of methoxy groups -OCH3 is 1. The van der Waals surface area contributed by atoms with Gasteiger partial charge in [0.25, 0.3) is 15.9 Å². The molecule has 0 aliphatic carbocycles. The summed E-state index contributed by atoms with van der Waals surface area (Å²) in [4.78, 5) is 25.0. The van der Waals surface area contributed by atoms with Gasteiger partial charge in [-0.3, -0.25) is 9.10 Å². The third-order valence-corrected chi connectivity index (χ3v) is 6.58. The highest BCUT2D eigenvalue weighted by Crippen LogP contribution is 2.27. The fraction of sp³-hybridized carbons (Fsp3) is 0.130. The molecule has 0 bridgehead atoms. The molecule has 0 fully saturated rings. The Morgan fingerprint density at radius 1 is 0.935 bits per heavy atom. The minimum atomic E-state index is -3.86. The van der Waals surface area contributed by atoms with Gasteiger partial charge in [0.15, 0.2) is 0 Å². The lowest BCUT2D eigenvalue weighted by atomic mass is 10.1. The molecule has 0 aliphatic heterocycles. The Morgan fingerprint density at radius 3 is 2.26 bits per heavy atom. The number of ether oxygens (including phenoxy) is 1. The Bertz CT molecular complexity index is 1220. The third kappa shape index (κ3) is 4.59. The van der Waals surface area contributed by atoms with Crippen LogP contribution >= 0.6 is 0 Å². The van der Waals surface area contributed by atoms with Crippen molar-refractivity contribution in [2.75, 3.05) is 23.8 Å². The van der Waals surface area contributed by atoms with E-state index in [9.17, 15) is 18.0 Å². The van der Waals surface area contributed by atoms with Crippen molar-refractivity contribution in [1.82, 2.24) is 0 Å². The number of hydrogen-bond donors (Lipinski definition) is 1. The zero-order chi connectivity index (χ0) is 22.6. The number of aryl methyl sites for hydroxylation is 1. The molecule has 0 saturated heterocycles. The van der Waals surface area contributed by atoms with E-state index in [1.165, 1.54) is 32.4 Å². The highest BCUT2D eigenvalue weighted by molar-refractivity contribution is 7.92. The van der Waals surface area contributed by atoms with Crippen LogP contribution in [0.2, 0.25) is 0 Å². The number of rotatable bonds is 6. The highest BCUT2D eigenvalue weighted by Gasteiger charge is 2.25. The maximum Gasteiger partial charge on any atom is 0.337 e. The maximum atomic E-state index is 13.1. The topological polar surface area (TPSA) is 92.8 Å². The summed E-state index contributed by atoms with van der Waals surface area (Å²) in [7, 11) is -1.18. The van der Waals surface area contributed by atoms with E-state index in [2.05, 4.69) is 5.32 Å². The van der Waals surface area contributed by atoms with Crippen molar-refractivity contribution < 1.29 is 22.7 Å². The Kier molecular flexibility index (Phi) is 6.41. The van der Waals surface area contributed by atoms with Gasteiger partial charge in [0.05, 0.1) is 28.8 Å². The third-order valence-electron chi connectivity index (χ3n) is 4.80. The maximum absolute atomic E-state index is 13.1. The first-order valence-corrected chi connectivity index (χ1v) is 10.8. The molecular weight excluding hydrogens is 416 g/mol. The molecule has 3 aromatic carbocycles. The number of carbonyl (C=O) groups excluding carboxylic acids is 2. The Morgan fingerprint density at radius 2 is 1.58 bits per heavy atom. The largest absolute Gasteiger partial charge is 0.465 e. The smallest absolute Gasteiger partial charge is 0.337 e. The summed E-state index contributed by atoms with van der Waals surface area (Å²) in [5.74, 6) is -1.03. The molecule has 31 heavy (non-hydrogen) atoms. The van der Waals surface area contributed by atoms with Gasteiger partial charge in [-0.25, -0.2) is 13.2 Å². The van der Waals surface area contributed by atoms with Crippen molar-refractivity contribution in [3.05, 3.63) is 89.5 Å². The van der Waals surface area contributed by atoms with Crippen molar-refractivity contribution in [3.8, 4) is 0 Å². The van der Waals surface area contributed by atoms with Crippen molar-refractivity contribution in [3.63, 3.8) is 0 Å². The van der Waals surface area contributed by atoms with E-state index in [1.807, 2.05) is 0 Å². The van der Waals surface area contributed by atoms with Crippen molar-refractivity contribution >= 4 is 33.3 Å². The number of para-hydroxylation sites is 1. The van der Waals surface area contributed by atoms with E-state index in [1.54, 1.807) is 61.5 Å². The summed E-state index contributed by atoms with van der Waals surface area (Å²) in [5.41, 5.74) is 1.86. The molecule has 3 aromatic rings. The average Bonchev–Trinajstić information content (AvgIpc) is 2.80. The first-order valence-electron chi connectivity index (χ1n) is 9.39. The molecule has 0 unspecified atom stereocenters. The minimum Gasteiger partial charge on any atom is -0.465 e. The van der Waals surface area contributed by atoms with Gasteiger partial charge in [0.1, 0.15) is 0 Å². The second-order valence-electron chi connectivity index (χ2n) is 6.78. The fourth-order valence-electron chi connectivity index (χ4n) is 3.01. The molecule has 0 aromatic heterocycles. The number of nitrogens with zero attached hydrogens (tertiary/aromatic N) is 1. The quantitative estimate of drug-likeness (QED) is 0.590.